The van der Waals surface area contributed by atoms with E-state index in [1.807, 2.05) is 13.0 Å². The summed E-state index contributed by atoms with van der Waals surface area (Å²) in [6, 6.07) is 11.2. The monoisotopic (exact) mass is 385 g/mol. The molecule has 0 saturated heterocycles. The maximum absolute atomic E-state index is 13.7. The maximum Gasteiger partial charge on any atom is 0.274 e. The third-order valence-corrected chi connectivity index (χ3v) is 3.81. The van der Waals surface area contributed by atoms with Crippen molar-refractivity contribution in [2.45, 2.75) is 6.92 Å². The molecule has 0 saturated carbocycles. The average molecular weight is 385 g/mol. The fourth-order valence-electron chi connectivity index (χ4n) is 2.43. The molecule has 0 bridgehead atoms. The Balaban J connectivity index is 1.78. The van der Waals surface area contributed by atoms with E-state index in [1.165, 1.54) is 18.3 Å². The Morgan fingerprint density at radius 3 is 2.43 bits per heavy atom. The number of aryl methyl sites for hydroxylation is 1. The summed E-state index contributed by atoms with van der Waals surface area (Å²) in [6.07, 6.45) is 1.24. The quantitative estimate of drug-likeness (QED) is 0.658. The first-order valence-electron chi connectivity index (χ1n) is 8.14. The highest BCUT2D eigenvalue weighted by molar-refractivity contribution is 6.07. The third kappa shape index (κ3) is 4.17. The SMILES string of the molecule is Cc1cccc(NC(=O)c2cc(C(=O)Nc3ccc(F)c(F)c3F)ccn2)c1. The first-order chi connectivity index (χ1) is 13.3. The molecule has 0 aliphatic heterocycles. The Hall–Kier alpha value is -3.68. The van der Waals surface area contributed by atoms with Crippen LogP contribution in [0.5, 0.6) is 0 Å². The highest BCUT2D eigenvalue weighted by Crippen LogP contribution is 2.20. The van der Waals surface area contributed by atoms with Gasteiger partial charge in [-0.15, -0.1) is 0 Å². The molecule has 2 aromatic carbocycles. The molecule has 0 aliphatic rings. The second-order valence-corrected chi connectivity index (χ2v) is 5.93. The summed E-state index contributed by atoms with van der Waals surface area (Å²) < 4.78 is 40.0. The predicted octanol–water partition coefficient (Wildman–Crippen LogP) is 4.31. The Morgan fingerprint density at radius 2 is 1.68 bits per heavy atom. The van der Waals surface area contributed by atoms with Crippen LogP contribution in [-0.4, -0.2) is 16.8 Å². The van der Waals surface area contributed by atoms with Gasteiger partial charge in [0.1, 0.15) is 5.69 Å². The molecule has 5 nitrogen and oxygen atoms in total. The lowest BCUT2D eigenvalue weighted by molar-refractivity contribution is 0.102. The van der Waals surface area contributed by atoms with Gasteiger partial charge in [0.2, 0.25) is 0 Å². The lowest BCUT2D eigenvalue weighted by atomic mass is 10.2. The van der Waals surface area contributed by atoms with Crippen molar-refractivity contribution in [2.75, 3.05) is 10.6 Å². The number of benzene rings is 2. The number of carbonyl (C=O) groups is 2. The number of hydrogen-bond donors (Lipinski definition) is 2. The highest BCUT2D eigenvalue weighted by Gasteiger charge is 2.17. The molecule has 142 valence electrons. The largest absolute Gasteiger partial charge is 0.321 e. The molecule has 0 spiro atoms. The van der Waals surface area contributed by atoms with Gasteiger partial charge in [0.25, 0.3) is 11.8 Å². The Labute approximate surface area is 158 Å². The predicted molar refractivity (Wildman–Crippen MR) is 97.6 cm³/mol. The van der Waals surface area contributed by atoms with Crippen molar-refractivity contribution in [3.8, 4) is 0 Å². The second-order valence-electron chi connectivity index (χ2n) is 5.93. The zero-order valence-electron chi connectivity index (χ0n) is 14.6. The number of nitrogens with one attached hydrogen (secondary N) is 2. The van der Waals surface area contributed by atoms with Crippen LogP contribution in [0.25, 0.3) is 0 Å². The molecule has 2 N–H and O–H groups in total. The lowest BCUT2D eigenvalue weighted by Crippen LogP contribution is -2.17. The van der Waals surface area contributed by atoms with Crippen molar-refractivity contribution in [3.63, 3.8) is 0 Å². The summed E-state index contributed by atoms with van der Waals surface area (Å²) >= 11 is 0. The van der Waals surface area contributed by atoms with Crippen molar-refractivity contribution in [2.24, 2.45) is 0 Å². The van der Waals surface area contributed by atoms with Gasteiger partial charge in [-0.25, -0.2) is 13.2 Å². The van der Waals surface area contributed by atoms with Crippen molar-refractivity contribution >= 4 is 23.2 Å². The van der Waals surface area contributed by atoms with Crippen LogP contribution in [0, 0.1) is 24.4 Å². The zero-order valence-corrected chi connectivity index (χ0v) is 14.6. The molecule has 0 fully saturated rings. The van der Waals surface area contributed by atoms with Gasteiger partial charge < -0.3 is 10.6 Å². The molecule has 1 aromatic heterocycles. The molecule has 1 heterocycles. The van der Waals surface area contributed by atoms with Crippen LogP contribution in [0.1, 0.15) is 26.4 Å². The normalized spacial score (nSPS) is 10.4. The van der Waals surface area contributed by atoms with Crippen LogP contribution in [0.2, 0.25) is 0 Å². The van der Waals surface area contributed by atoms with E-state index in [2.05, 4.69) is 15.6 Å². The van der Waals surface area contributed by atoms with E-state index < -0.39 is 35.0 Å². The van der Waals surface area contributed by atoms with E-state index in [0.29, 0.717) is 11.8 Å². The van der Waals surface area contributed by atoms with Crippen LogP contribution in [-0.2, 0) is 0 Å². The number of pyridine rings is 1. The van der Waals surface area contributed by atoms with Crippen LogP contribution in [0.15, 0.2) is 54.7 Å². The smallest absolute Gasteiger partial charge is 0.274 e. The van der Waals surface area contributed by atoms with Gasteiger partial charge in [-0.2, -0.15) is 0 Å². The van der Waals surface area contributed by atoms with Crippen LogP contribution in [0.4, 0.5) is 24.5 Å². The minimum atomic E-state index is -1.69. The van der Waals surface area contributed by atoms with E-state index in [9.17, 15) is 22.8 Å². The number of aromatic nitrogens is 1. The Bertz CT molecular complexity index is 1070. The number of anilines is 2. The van der Waals surface area contributed by atoms with Crippen LogP contribution >= 0.6 is 0 Å². The number of rotatable bonds is 4. The van der Waals surface area contributed by atoms with Gasteiger partial charge in [0, 0.05) is 17.4 Å². The first kappa shape index (κ1) is 19.1. The van der Waals surface area contributed by atoms with Crippen molar-refractivity contribution < 1.29 is 22.8 Å². The lowest BCUT2D eigenvalue weighted by Gasteiger charge is -2.09. The zero-order chi connectivity index (χ0) is 20.3. The van der Waals surface area contributed by atoms with Crippen molar-refractivity contribution in [3.05, 3.63) is 89.0 Å². The molecule has 8 heteroatoms. The summed E-state index contributed by atoms with van der Waals surface area (Å²) in [6.45, 7) is 1.87. The molecule has 0 unspecified atom stereocenters. The van der Waals surface area contributed by atoms with E-state index in [0.717, 1.165) is 11.6 Å². The van der Waals surface area contributed by atoms with Crippen molar-refractivity contribution in [1.82, 2.24) is 4.98 Å². The molecular weight excluding hydrogens is 371 g/mol. The molecule has 3 aromatic rings. The average Bonchev–Trinajstić information content (AvgIpc) is 2.68. The van der Waals surface area contributed by atoms with E-state index in [4.69, 9.17) is 0 Å². The first-order valence-corrected chi connectivity index (χ1v) is 8.14. The van der Waals surface area contributed by atoms with Gasteiger partial charge in [-0.1, -0.05) is 12.1 Å². The number of carbonyl (C=O) groups excluding carboxylic acids is 2. The Morgan fingerprint density at radius 1 is 0.893 bits per heavy atom. The molecule has 2 amide bonds. The van der Waals surface area contributed by atoms with Gasteiger partial charge in [0.05, 0.1) is 5.69 Å². The standard InChI is InChI=1S/C20H14F3N3O2/c1-11-3-2-4-13(9-11)25-20(28)16-10-12(7-8-24-16)19(27)26-15-6-5-14(21)17(22)18(15)23/h2-10H,1H3,(H,25,28)(H,26,27). The fourth-order valence-corrected chi connectivity index (χ4v) is 2.43. The minimum absolute atomic E-state index is 0.00600. The highest BCUT2D eigenvalue weighted by atomic mass is 19.2. The summed E-state index contributed by atoms with van der Waals surface area (Å²) in [7, 11) is 0. The molecule has 28 heavy (non-hydrogen) atoms. The second kappa shape index (κ2) is 7.91. The minimum Gasteiger partial charge on any atom is -0.321 e. The van der Waals surface area contributed by atoms with E-state index in [1.54, 1.807) is 18.2 Å². The summed E-state index contributed by atoms with van der Waals surface area (Å²) in [5.41, 5.74) is 0.942. The van der Waals surface area contributed by atoms with E-state index >= 15 is 0 Å². The van der Waals surface area contributed by atoms with Gasteiger partial charge in [0.15, 0.2) is 17.5 Å². The van der Waals surface area contributed by atoms with Crippen LogP contribution in [0.3, 0.4) is 0 Å². The third-order valence-electron chi connectivity index (χ3n) is 3.81. The Kier molecular flexibility index (Phi) is 5.39. The maximum atomic E-state index is 13.7. The summed E-state index contributed by atoms with van der Waals surface area (Å²) in [5, 5.41) is 4.79. The molecule has 0 aliphatic carbocycles. The van der Waals surface area contributed by atoms with Crippen LogP contribution < -0.4 is 10.6 Å². The number of hydrogen-bond acceptors (Lipinski definition) is 3. The van der Waals surface area contributed by atoms with Gasteiger partial charge >= 0.3 is 0 Å². The molecule has 0 atom stereocenters. The number of nitrogens with zero attached hydrogens (tertiary/aromatic N) is 1. The van der Waals surface area contributed by atoms with Gasteiger partial charge in [-0.05, 0) is 48.9 Å². The summed E-state index contributed by atoms with van der Waals surface area (Å²) in [5.74, 6) is -5.92. The molecule has 3 rings (SSSR count). The molecule has 0 radical (unpaired) electrons. The fraction of sp³-hybridized carbons (Fsp3) is 0.0500. The molecular formula is C20H14F3N3O2. The topological polar surface area (TPSA) is 71.1 Å². The van der Waals surface area contributed by atoms with Crippen molar-refractivity contribution in [1.29, 1.82) is 0 Å². The number of amides is 2. The number of halogens is 3. The van der Waals surface area contributed by atoms with Gasteiger partial charge in [-0.3, -0.25) is 14.6 Å². The van der Waals surface area contributed by atoms with E-state index in [-0.39, 0.29) is 11.3 Å². The summed E-state index contributed by atoms with van der Waals surface area (Å²) in [4.78, 5) is 28.5.